The van der Waals surface area contributed by atoms with Crippen LogP contribution in [0.3, 0.4) is 0 Å². The Morgan fingerprint density at radius 2 is 0.900 bits per heavy atom. The standard InChI is InChI=1S/2C21H25Si.C12H9Si.2ClH.Hf/c2*1-5-9-16-14-17-10-8-12-18(20(17)15-16)19-11-6-7-13-21(19)22(2,3)4;1-3-7-11-9(5-1)10-6-2-4-8-12(10)13-11;;;/h2*6-8,10-15H,5,9H2,1-4H3;1-7H,13H2;2*1H;/q;;;;;+2/p-2. The summed E-state index contributed by atoms with van der Waals surface area (Å²) in [4.78, 5) is 0. The molecule has 0 saturated carbocycles. The summed E-state index contributed by atoms with van der Waals surface area (Å²) >= 11 is -5.80. The van der Waals surface area contributed by atoms with Crippen molar-refractivity contribution >= 4 is 79.0 Å². The Morgan fingerprint density at radius 1 is 0.483 bits per heavy atom. The summed E-state index contributed by atoms with van der Waals surface area (Å²) in [5.41, 5.74) is 16.4. The molecule has 2 atom stereocenters. The zero-order chi connectivity index (χ0) is 42.2. The van der Waals surface area contributed by atoms with Gasteiger partial charge in [0.2, 0.25) is 0 Å². The summed E-state index contributed by atoms with van der Waals surface area (Å²) in [6.45, 7) is 19.5. The third kappa shape index (κ3) is 6.73. The Hall–Kier alpha value is -3.10. The molecule has 9 rings (SSSR count). The van der Waals surface area contributed by atoms with E-state index in [-0.39, 0.29) is 7.35 Å². The van der Waals surface area contributed by atoms with Gasteiger partial charge in [0.05, 0.1) is 0 Å². The van der Waals surface area contributed by atoms with Crippen molar-refractivity contribution in [1.82, 2.24) is 0 Å². The van der Waals surface area contributed by atoms with Crippen molar-refractivity contribution in [2.24, 2.45) is 0 Å². The van der Waals surface area contributed by atoms with Crippen LogP contribution in [0.2, 0.25) is 39.3 Å². The number of benzene rings is 6. The molecule has 2 aliphatic carbocycles. The zero-order valence-corrected chi connectivity index (χ0v) is 45.2. The van der Waals surface area contributed by atoms with Crippen LogP contribution in [0, 0.1) is 0 Å². The van der Waals surface area contributed by atoms with E-state index in [4.69, 9.17) is 0 Å². The fraction of sp³-hybridized carbons (Fsp3) is 0.259. The van der Waals surface area contributed by atoms with Crippen molar-refractivity contribution in [3.05, 3.63) is 161 Å². The second-order valence-corrected chi connectivity index (χ2v) is 61.0. The van der Waals surface area contributed by atoms with Gasteiger partial charge in [-0.1, -0.05) is 0 Å². The average Bonchev–Trinajstić information content (AvgIpc) is 3.92. The molecule has 1 aliphatic heterocycles. The van der Waals surface area contributed by atoms with E-state index in [9.17, 15) is 17.2 Å². The molecule has 0 nitrogen and oxygen atoms in total. The molecule has 6 aromatic rings. The molecule has 0 amide bonds. The van der Waals surface area contributed by atoms with Gasteiger partial charge in [0.15, 0.2) is 0 Å². The SMILES string of the molecule is CCCC1=Cc2c(-c3ccccc3[Si](C)(C)C)cccc2[CH]1[Hf]([Cl])([Cl])([c]1cccc2c1[SiH2]c1ccccc1-2)[CH]1C(CCC)=Cc2c(-c3ccccc3[Si](C)(C)C)cccc21. The molecular formula is C54H59Cl2HfSi3. The molecule has 0 fully saturated rings. The van der Waals surface area contributed by atoms with Gasteiger partial charge in [0.1, 0.15) is 0 Å². The summed E-state index contributed by atoms with van der Waals surface area (Å²) in [7, 11) is 14.6. The number of hydrogen-bond donors (Lipinski definition) is 0. The topological polar surface area (TPSA) is 0 Å². The van der Waals surface area contributed by atoms with Crippen molar-refractivity contribution < 1.29 is 16.1 Å². The molecule has 60 heavy (non-hydrogen) atoms. The first-order chi connectivity index (χ1) is 28.7. The minimum atomic E-state index is -5.80. The Labute approximate surface area is 372 Å². The molecule has 0 radical (unpaired) electrons. The van der Waals surface area contributed by atoms with Crippen molar-refractivity contribution in [3.63, 3.8) is 0 Å². The van der Waals surface area contributed by atoms with E-state index in [0.29, 0.717) is 0 Å². The normalized spacial score (nSPS) is 18.0. The molecule has 0 aromatic heterocycles. The molecule has 1 heterocycles. The van der Waals surface area contributed by atoms with Crippen LogP contribution in [0.25, 0.3) is 45.5 Å². The van der Waals surface area contributed by atoms with Gasteiger partial charge in [-0.3, -0.25) is 0 Å². The van der Waals surface area contributed by atoms with E-state index in [1.807, 2.05) is 0 Å². The molecule has 0 saturated heterocycles. The van der Waals surface area contributed by atoms with E-state index in [1.54, 1.807) is 0 Å². The third-order valence-electron chi connectivity index (χ3n) is 13.9. The van der Waals surface area contributed by atoms with Crippen LogP contribution in [0.15, 0.2) is 139 Å². The van der Waals surface area contributed by atoms with Gasteiger partial charge < -0.3 is 0 Å². The van der Waals surface area contributed by atoms with Gasteiger partial charge in [0.25, 0.3) is 0 Å². The first-order valence-corrected chi connectivity index (χ1v) is 45.6. The van der Waals surface area contributed by atoms with Gasteiger partial charge >= 0.3 is 376 Å². The molecule has 3 aliphatic rings. The van der Waals surface area contributed by atoms with Gasteiger partial charge in [-0.15, -0.1) is 0 Å². The Bertz CT molecular complexity index is 2610. The van der Waals surface area contributed by atoms with E-state index in [1.165, 1.54) is 90.8 Å². The predicted octanol–water partition coefficient (Wildman–Crippen LogP) is 12.7. The average molecular weight is 1040 g/mol. The summed E-state index contributed by atoms with van der Waals surface area (Å²) < 4.78 is 1.21. The maximum atomic E-state index is 9.42. The van der Waals surface area contributed by atoms with E-state index in [0.717, 1.165) is 25.7 Å². The van der Waals surface area contributed by atoms with Crippen LogP contribution >= 0.6 is 17.2 Å². The Balaban J connectivity index is 1.37. The molecule has 0 spiro atoms. The van der Waals surface area contributed by atoms with E-state index < -0.39 is 41.8 Å². The van der Waals surface area contributed by atoms with Crippen molar-refractivity contribution in [1.29, 1.82) is 0 Å². The van der Waals surface area contributed by atoms with E-state index in [2.05, 4.69) is 193 Å². The van der Waals surface area contributed by atoms with Crippen LogP contribution in [0.1, 0.15) is 69.1 Å². The summed E-state index contributed by atoms with van der Waals surface area (Å²) in [6, 6.07) is 48.8. The van der Waals surface area contributed by atoms with Crippen molar-refractivity contribution in [3.8, 4) is 33.4 Å². The Kier molecular flexibility index (Phi) is 11.0. The molecule has 0 N–H and O–H groups in total. The minimum absolute atomic E-state index is 0.0578. The molecule has 6 heteroatoms. The predicted molar refractivity (Wildman–Crippen MR) is 272 cm³/mol. The fourth-order valence-electron chi connectivity index (χ4n) is 11.5. The van der Waals surface area contributed by atoms with Crippen molar-refractivity contribution in [2.45, 2.75) is 86.2 Å². The summed E-state index contributed by atoms with van der Waals surface area (Å²) in [5, 5.41) is 6.01. The van der Waals surface area contributed by atoms with Gasteiger partial charge in [-0.25, -0.2) is 0 Å². The number of fused-ring (bicyclic) bond motifs is 5. The van der Waals surface area contributed by atoms with Crippen LogP contribution in [-0.2, 0) is 16.1 Å². The third-order valence-corrected chi connectivity index (χ3v) is 49.7. The molecule has 0 bridgehead atoms. The first kappa shape index (κ1) is 42.2. The van der Waals surface area contributed by atoms with Crippen LogP contribution < -0.4 is 24.1 Å². The van der Waals surface area contributed by atoms with Crippen LogP contribution in [0.5, 0.6) is 0 Å². The van der Waals surface area contributed by atoms with E-state index >= 15 is 0 Å². The molecule has 6 aromatic carbocycles. The molecular weight excluding hydrogens is 982 g/mol. The first-order valence-electron chi connectivity index (χ1n) is 22.3. The number of halogens is 2. The zero-order valence-electron chi connectivity index (χ0n) is 36.7. The number of hydrogen-bond acceptors (Lipinski definition) is 0. The number of allylic oxidation sites excluding steroid dienone is 2. The maximum absolute atomic E-state index is 9.42. The molecule has 2 unspecified atom stereocenters. The second-order valence-electron chi connectivity index (χ2n) is 19.8. The second kappa shape index (κ2) is 15.6. The van der Waals surface area contributed by atoms with Crippen LogP contribution in [0.4, 0.5) is 0 Å². The summed E-state index contributed by atoms with van der Waals surface area (Å²) in [5.74, 6) is 0. The quantitative estimate of drug-likeness (QED) is 0.113. The summed E-state index contributed by atoms with van der Waals surface area (Å²) in [6.07, 6.45) is 9.17. The fourth-order valence-corrected chi connectivity index (χ4v) is 53.8. The Morgan fingerprint density at radius 3 is 1.38 bits per heavy atom. The van der Waals surface area contributed by atoms with Crippen molar-refractivity contribution in [2.75, 3.05) is 0 Å². The van der Waals surface area contributed by atoms with Gasteiger partial charge in [0, 0.05) is 0 Å². The van der Waals surface area contributed by atoms with Crippen LogP contribution in [-0.4, -0.2) is 25.7 Å². The molecule has 305 valence electrons. The van der Waals surface area contributed by atoms with Gasteiger partial charge in [-0.2, -0.15) is 0 Å². The monoisotopic (exact) mass is 1040 g/mol. The van der Waals surface area contributed by atoms with Gasteiger partial charge in [-0.05, 0) is 0 Å². The number of rotatable bonds is 11.